The first-order valence-corrected chi connectivity index (χ1v) is 10.7. The molecule has 152 valence electrons. The Hall–Kier alpha value is -3.25. The number of hydrogen-bond acceptors (Lipinski definition) is 5. The van der Waals surface area contributed by atoms with E-state index in [0.29, 0.717) is 16.1 Å². The monoisotopic (exact) mass is 419 g/mol. The maximum Gasteiger partial charge on any atom is 0.338 e. The summed E-state index contributed by atoms with van der Waals surface area (Å²) in [5, 5.41) is 4.58. The van der Waals surface area contributed by atoms with Crippen LogP contribution < -0.4 is 5.32 Å². The van der Waals surface area contributed by atoms with Gasteiger partial charge in [-0.25, -0.2) is 4.79 Å². The van der Waals surface area contributed by atoms with Crippen LogP contribution in [-0.4, -0.2) is 23.8 Å². The zero-order chi connectivity index (χ0) is 21.1. The molecule has 2 aromatic carbocycles. The van der Waals surface area contributed by atoms with Crippen LogP contribution in [0, 0.1) is 0 Å². The molecule has 1 aliphatic rings. The number of benzene rings is 2. The molecule has 0 spiro atoms. The molecule has 1 N–H and O–H groups in total. The molecule has 1 aliphatic carbocycles. The molecule has 0 saturated heterocycles. The van der Waals surface area contributed by atoms with Crippen LogP contribution in [0.4, 0.5) is 5.69 Å². The number of anilines is 1. The normalized spacial score (nSPS) is 13.4. The van der Waals surface area contributed by atoms with E-state index in [1.54, 1.807) is 49.4 Å². The zero-order valence-corrected chi connectivity index (χ0v) is 17.3. The molecule has 0 radical (unpaired) electrons. The summed E-state index contributed by atoms with van der Waals surface area (Å²) in [4.78, 5) is 38.1. The average molecular weight is 420 g/mol. The van der Waals surface area contributed by atoms with Crippen molar-refractivity contribution in [3.63, 3.8) is 0 Å². The van der Waals surface area contributed by atoms with Crippen LogP contribution in [-0.2, 0) is 17.6 Å². The SMILES string of the molecule is C[C@H](OC(=O)c1cccc(NC(=O)c2cccs2)c1)C(=O)c1ccc2c(c1)CCC2. The van der Waals surface area contributed by atoms with Gasteiger partial charge in [-0.3, -0.25) is 9.59 Å². The summed E-state index contributed by atoms with van der Waals surface area (Å²) < 4.78 is 5.41. The van der Waals surface area contributed by atoms with E-state index in [2.05, 4.69) is 5.32 Å². The molecule has 0 fully saturated rings. The minimum absolute atomic E-state index is 0.222. The fourth-order valence-electron chi connectivity index (χ4n) is 3.57. The highest BCUT2D eigenvalue weighted by Crippen LogP contribution is 2.24. The van der Waals surface area contributed by atoms with E-state index in [4.69, 9.17) is 4.74 Å². The highest BCUT2D eigenvalue weighted by atomic mass is 32.1. The predicted octanol–water partition coefficient (Wildman–Crippen LogP) is 4.92. The molecule has 1 amide bonds. The molecule has 1 atom stereocenters. The lowest BCUT2D eigenvalue weighted by molar-refractivity contribution is 0.0319. The Morgan fingerprint density at radius 1 is 0.967 bits per heavy atom. The number of fused-ring (bicyclic) bond motifs is 1. The van der Waals surface area contributed by atoms with Crippen LogP contribution in [0.2, 0.25) is 0 Å². The van der Waals surface area contributed by atoms with Crippen molar-refractivity contribution in [1.29, 1.82) is 0 Å². The third-order valence-corrected chi connectivity index (χ3v) is 6.01. The standard InChI is InChI=1S/C24H21NO4S/c1-15(22(26)18-11-10-16-5-2-6-17(16)13-18)29-24(28)19-7-3-8-20(14-19)25-23(27)21-9-4-12-30-21/h3-4,7-15H,2,5-6H2,1H3,(H,25,27)/t15-/m0/s1. The fourth-order valence-corrected chi connectivity index (χ4v) is 4.19. The highest BCUT2D eigenvalue weighted by Gasteiger charge is 2.22. The van der Waals surface area contributed by atoms with E-state index in [-0.39, 0.29) is 17.3 Å². The van der Waals surface area contributed by atoms with Crippen molar-refractivity contribution in [2.24, 2.45) is 0 Å². The van der Waals surface area contributed by atoms with Gasteiger partial charge in [-0.15, -0.1) is 11.3 Å². The third kappa shape index (κ3) is 4.33. The van der Waals surface area contributed by atoms with Gasteiger partial charge in [-0.2, -0.15) is 0 Å². The van der Waals surface area contributed by atoms with E-state index >= 15 is 0 Å². The Bertz CT molecular complexity index is 1100. The largest absolute Gasteiger partial charge is 0.451 e. The maximum absolute atomic E-state index is 12.7. The van der Waals surface area contributed by atoms with Crippen molar-refractivity contribution < 1.29 is 19.1 Å². The van der Waals surface area contributed by atoms with Gasteiger partial charge >= 0.3 is 5.97 Å². The van der Waals surface area contributed by atoms with Gasteiger partial charge in [0.05, 0.1) is 10.4 Å². The van der Waals surface area contributed by atoms with E-state index in [1.807, 2.05) is 17.5 Å². The van der Waals surface area contributed by atoms with Gasteiger partial charge in [0.25, 0.3) is 5.91 Å². The molecule has 3 aromatic rings. The summed E-state index contributed by atoms with van der Waals surface area (Å²) >= 11 is 1.34. The molecule has 30 heavy (non-hydrogen) atoms. The Kier molecular flexibility index (Phi) is 5.77. The molecule has 0 bridgehead atoms. The number of Topliss-reactive ketones (excluding diaryl/α,β-unsaturated/α-hetero) is 1. The van der Waals surface area contributed by atoms with Crippen molar-refractivity contribution in [2.45, 2.75) is 32.3 Å². The van der Waals surface area contributed by atoms with Crippen LogP contribution >= 0.6 is 11.3 Å². The lowest BCUT2D eigenvalue weighted by Gasteiger charge is -2.14. The lowest BCUT2D eigenvalue weighted by atomic mass is 10.0. The first-order valence-electron chi connectivity index (χ1n) is 9.83. The molecular formula is C24H21NO4S. The van der Waals surface area contributed by atoms with Crippen LogP contribution in [0.1, 0.15) is 54.9 Å². The Labute approximate surface area is 178 Å². The molecule has 6 heteroatoms. The number of thiophene rings is 1. The minimum atomic E-state index is -0.902. The lowest BCUT2D eigenvalue weighted by Crippen LogP contribution is -2.24. The van der Waals surface area contributed by atoms with Crippen molar-refractivity contribution in [3.8, 4) is 0 Å². The number of amides is 1. The summed E-state index contributed by atoms with van der Waals surface area (Å²) in [5.74, 6) is -1.07. The number of esters is 1. The number of ketones is 1. The van der Waals surface area contributed by atoms with E-state index < -0.39 is 12.1 Å². The van der Waals surface area contributed by atoms with E-state index in [1.165, 1.54) is 22.5 Å². The van der Waals surface area contributed by atoms with E-state index in [0.717, 1.165) is 19.3 Å². The van der Waals surface area contributed by atoms with Gasteiger partial charge in [0.15, 0.2) is 6.10 Å². The van der Waals surface area contributed by atoms with Crippen LogP contribution in [0.3, 0.4) is 0 Å². The van der Waals surface area contributed by atoms with Crippen molar-refractivity contribution in [2.75, 3.05) is 5.32 Å². The first-order chi connectivity index (χ1) is 14.5. The van der Waals surface area contributed by atoms with Crippen molar-refractivity contribution in [1.82, 2.24) is 0 Å². The van der Waals surface area contributed by atoms with Crippen molar-refractivity contribution >= 4 is 34.7 Å². The molecule has 5 nitrogen and oxygen atoms in total. The number of nitrogens with one attached hydrogen (secondary N) is 1. The maximum atomic E-state index is 12.7. The first kappa shape index (κ1) is 20.0. The van der Waals surface area contributed by atoms with Crippen LogP contribution in [0.5, 0.6) is 0 Å². The van der Waals surface area contributed by atoms with Gasteiger partial charge in [-0.05, 0) is 73.0 Å². The van der Waals surface area contributed by atoms with Gasteiger partial charge in [0.1, 0.15) is 0 Å². The molecule has 0 saturated carbocycles. The Morgan fingerprint density at radius 3 is 2.60 bits per heavy atom. The summed E-state index contributed by atoms with van der Waals surface area (Å²) in [6.45, 7) is 1.58. The second-order valence-electron chi connectivity index (χ2n) is 7.26. The molecular weight excluding hydrogens is 398 g/mol. The number of hydrogen-bond donors (Lipinski definition) is 1. The summed E-state index contributed by atoms with van der Waals surface area (Å²) in [6, 6.07) is 15.7. The summed E-state index contributed by atoms with van der Waals surface area (Å²) in [7, 11) is 0. The van der Waals surface area contributed by atoms with Gasteiger partial charge < -0.3 is 10.1 Å². The second kappa shape index (κ2) is 8.63. The number of aryl methyl sites for hydroxylation is 2. The third-order valence-electron chi connectivity index (χ3n) is 5.14. The average Bonchev–Trinajstić information content (AvgIpc) is 3.44. The predicted molar refractivity (Wildman–Crippen MR) is 116 cm³/mol. The topological polar surface area (TPSA) is 72.5 Å². The fraction of sp³-hybridized carbons (Fsp3) is 0.208. The van der Waals surface area contributed by atoms with Crippen LogP contribution in [0.25, 0.3) is 0 Å². The molecule has 4 rings (SSSR count). The van der Waals surface area contributed by atoms with Crippen molar-refractivity contribution in [3.05, 3.63) is 87.1 Å². The van der Waals surface area contributed by atoms with E-state index in [9.17, 15) is 14.4 Å². The number of ether oxygens (including phenoxy) is 1. The summed E-state index contributed by atoms with van der Waals surface area (Å²) in [5.41, 5.74) is 3.81. The van der Waals surface area contributed by atoms with Gasteiger partial charge in [0.2, 0.25) is 5.78 Å². The number of carbonyl (C=O) groups is 3. The molecule has 1 aromatic heterocycles. The number of carbonyl (C=O) groups excluding carboxylic acids is 3. The second-order valence-corrected chi connectivity index (χ2v) is 8.21. The number of rotatable bonds is 6. The molecule has 0 unspecified atom stereocenters. The smallest absolute Gasteiger partial charge is 0.338 e. The minimum Gasteiger partial charge on any atom is -0.451 e. The molecule has 1 heterocycles. The Morgan fingerprint density at radius 2 is 1.80 bits per heavy atom. The molecule has 0 aliphatic heterocycles. The summed E-state index contributed by atoms with van der Waals surface area (Å²) in [6.07, 6.45) is 2.24. The van der Waals surface area contributed by atoms with Gasteiger partial charge in [0, 0.05) is 11.3 Å². The zero-order valence-electron chi connectivity index (χ0n) is 16.5. The highest BCUT2D eigenvalue weighted by molar-refractivity contribution is 7.12. The Balaban J connectivity index is 1.42. The van der Waals surface area contributed by atoms with Gasteiger partial charge in [-0.1, -0.05) is 24.3 Å². The quantitative estimate of drug-likeness (QED) is 0.455. The van der Waals surface area contributed by atoms with Crippen LogP contribution in [0.15, 0.2) is 60.0 Å².